The van der Waals surface area contributed by atoms with Crippen LogP contribution >= 0.6 is 7.60 Å². The maximum atomic E-state index is 11.5. The van der Waals surface area contributed by atoms with Gasteiger partial charge in [-0.15, -0.1) is 6.58 Å². The van der Waals surface area contributed by atoms with Crippen LogP contribution in [0.4, 0.5) is 0 Å². The molecule has 1 heterocycles. The summed E-state index contributed by atoms with van der Waals surface area (Å²) in [4.78, 5) is 17.6. The van der Waals surface area contributed by atoms with Gasteiger partial charge in [0.2, 0.25) is 5.88 Å². The number of nitrogens with zero attached hydrogens (tertiary/aromatic N) is 2. The molecule has 17 heavy (non-hydrogen) atoms. The van der Waals surface area contributed by atoms with Crippen LogP contribution < -0.4 is 4.52 Å². The second-order valence-electron chi connectivity index (χ2n) is 3.40. The Balaban J connectivity index is 2.31. The molecule has 0 bridgehead atoms. The van der Waals surface area contributed by atoms with Crippen LogP contribution in [0, 0.1) is 0 Å². The molecule has 0 saturated heterocycles. The van der Waals surface area contributed by atoms with Gasteiger partial charge in [-0.2, -0.15) is 0 Å². The standard InChI is InChI=1S/C11H11N2O3P/c1-2-7-17(14,15)16-11-8-12-9-5-3-4-6-10(9)13-11/h2-6,8H,1,7H2,(H,14,15). The highest BCUT2D eigenvalue weighted by molar-refractivity contribution is 7.53. The molecule has 5 nitrogen and oxygen atoms in total. The van der Waals surface area contributed by atoms with Gasteiger partial charge in [0.15, 0.2) is 0 Å². The first kappa shape index (κ1) is 11.8. The summed E-state index contributed by atoms with van der Waals surface area (Å²) in [6.45, 7) is 3.39. The first-order valence-electron chi connectivity index (χ1n) is 4.95. The minimum Gasteiger partial charge on any atom is -0.404 e. The third kappa shape index (κ3) is 2.90. The fourth-order valence-electron chi connectivity index (χ4n) is 1.33. The Hall–Kier alpha value is -1.71. The molecule has 1 aromatic heterocycles. The van der Waals surface area contributed by atoms with Crippen molar-refractivity contribution in [3.05, 3.63) is 43.1 Å². The van der Waals surface area contributed by atoms with E-state index in [1.165, 1.54) is 12.3 Å². The zero-order chi connectivity index (χ0) is 12.3. The lowest BCUT2D eigenvalue weighted by Crippen LogP contribution is -1.97. The minimum atomic E-state index is -3.71. The van der Waals surface area contributed by atoms with Crippen LogP contribution in [0.25, 0.3) is 11.0 Å². The Morgan fingerprint density at radius 1 is 1.41 bits per heavy atom. The monoisotopic (exact) mass is 250 g/mol. The summed E-state index contributed by atoms with van der Waals surface area (Å²) in [5, 5.41) is 0. The minimum absolute atomic E-state index is 0.0383. The average Bonchev–Trinajstić information content (AvgIpc) is 2.28. The molecule has 0 aliphatic carbocycles. The molecule has 1 N–H and O–H groups in total. The lowest BCUT2D eigenvalue weighted by atomic mass is 10.3. The summed E-state index contributed by atoms with van der Waals surface area (Å²) >= 11 is 0. The zero-order valence-corrected chi connectivity index (χ0v) is 9.88. The summed E-state index contributed by atoms with van der Waals surface area (Å²) in [6.07, 6.45) is 2.53. The van der Waals surface area contributed by atoms with Crippen LogP contribution in [0.5, 0.6) is 5.88 Å². The van der Waals surface area contributed by atoms with Crippen LogP contribution in [0.2, 0.25) is 0 Å². The van der Waals surface area contributed by atoms with Gasteiger partial charge >= 0.3 is 7.60 Å². The summed E-state index contributed by atoms with van der Waals surface area (Å²) in [6, 6.07) is 7.20. The van der Waals surface area contributed by atoms with E-state index in [0.29, 0.717) is 11.0 Å². The topological polar surface area (TPSA) is 72.3 Å². The molecule has 0 saturated carbocycles. The van der Waals surface area contributed by atoms with Crippen molar-refractivity contribution in [1.29, 1.82) is 0 Å². The van der Waals surface area contributed by atoms with Crippen molar-refractivity contribution in [3.63, 3.8) is 0 Å². The van der Waals surface area contributed by atoms with Gasteiger partial charge in [-0.25, -0.2) is 14.5 Å². The Bertz CT molecular complexity index is 600. The van der Waals surface area contributed by atoms with Gasteiger partial charge in [0, 0.05) is 0 Å². The lowest BCUT2D eigenvalue weighted by Gasteiger charge is -2.10. The lowest BCUT2D eigenvalue weighted by molar-refractivity contribution is 0.377. The van der Waals surface area contributed by atoms with Crippen molar-refractivity contribution in [2.24, 2.45) is 0 Å². The number of fused-ring (bicyclic) bond motifs is 1. The van der Waals surface area contributed by atoms with E-state index in [4.69, 9.17) is 4.52 Å². The van der Waals surface area contributed by atoms with Crippen molar-refractivity contribution in [1.82, 2.24) is 9.97 Å². The van der Waals surface area contributed by atoms with Crippen molar-refractivity contribution in [2.45, 2.75) is 0 Å². The number of hydrogen-bond acceptors (Lipinski definition) is 4. The fraction of sp³-hybridized carbons (Fsp3) is 0.0909. The molecule has 1 aromatic carbocycles. The summed E-state index contributed by atoms with van der Waals surface area (Å²) < 4.78 is 16.4. The van der Waals surface area contributed by atoms with E-state index < -0.39 is 7.60 Å². The van der Waals surface area contributed by atoms with E-state index in [-0.39, 0.29) is 12.0 Å². The van der Waals surface area contributed by atoms with Crippen LogP contribution in [-0.4, -0.2) is 21.0 Å². The first-order chi connectivity index (χ1) is 8.11. The van der Waals surface area contributed by atoms with E-state index in [1.54, 1.807) is 12.1 Å². The second-order valence-corrected chi connectivity index (χ2v) is 5.22. The van der Waals surface area contributed by atoms with Gasteiger partial charge < -0.3 is 9.42 Å². The highest BCUT2D eigenvalue weighted by Crippen LogP contribution is 2.41. The summed E-state index contributed by atoms with van der Waals surface area (Å²) in [5.74, 6) is 0.0383. The van der Waals surface area contributed by atoms with Crippen molar-refractivity contribution >= 4 is 18.6 Å². The SMILES string of the molecule is C=CCP(=O)(O)Oc1cnc2ccccc2n1. The molecule has 88 valence electrons. The van der Waals surface area contributed by atoms with E-state index in [9.17, 15) is 9.46 Å². The number of rotatable bonds is 4. The number of allylic oxidation sites excluding steroid dienone is 1. The quantitative estimate of drug-likeness (QED) is 0.666. The van der Waals surface area contributed by atoms with Gasteiger partial charge in [-0.3, -0.25) is 0 Å². The molecule has 0 radical (unpaired) electrons. The van der Waals surface area contributed by atoms with Gasteiger partial charge in [0.25, 0.3) is 0 Å². The Morgan fingerprint density at radius 3 is 2.82 bits per heavy atom. The average molecular weight is 250 g/mol. The largest absolute Gasteiger partial charge is 0.404 e. The van der Waals surface area contributed by atoms with Crippen molar-refractivity contribution < 1.29 is 14.0 Å². The zero-order valence-electron chi connectivity index (χ0n) is 8.98. The van der Waals surface area contributed by atoms with E-state index in [1.807, 2.05) is 12.1 Å². The van der Waals surface area contributed by atoms with Gasteiger partial charge in [-0.1, -0.05) is 18.2 Å². The van der Waals surface area contributed by atoms with Crippen LogP contribution in [0.1, 0.15) is 0 Å². The molecule has 2 aromatic rings. The van der Waals surface area contributed by atoms with Gasteiger partial charge in [0.1, 0.15) is 0 Å². The molecule has 0 aliphatic rings. The smallest absolute Gasteiger partial charge is 0.381 e. The molecule has 0 aliphatic heterocycles. The predicted octanol–water partition coefficient (Wildman–Crippen LogP) is 2.38. The molecule has 1 atom stereocenters. The van der Waals surface area contributed by atoms with Crippen LogP contribution in [-0.2, 0) is 4.57 Å². The molecule has 1 unspecified atom stereocenters. The van der Waals surface area contributed by atoms with Gasteiger partial charge in [-0.05, 0) is 12.1 Å². The maximum absolute atomic E-state index is 11.5. The molecule has 2 rings (SSSR count). The highest BCUT2D eigenvalue weighted by Gasteiger charge is 2.19. The van der Waals surface area contributed by atoms with Crippen molar-refractivity contribution in [2.75, 3.05) is 6.16 Å². The number of benzene rings is 1. The molecular weight excluding hydrogens is 239 g/mol. The Kier molecular flexibility index (Phi) is 3.22. The normalized spacial score (nSPS) is 14.2. The van der Waals surface area contributed by atoms with E-state index in [0.717, 1.165) is 0 Å². The third-order valence-electron chi connectivity index (χ3n) is 2.02. The maximum Gasteiger partial charge on any atom is 0.381 e. The van der Waals surface area contributed by atoms with Gasteiger partial charge in [0.05, 0.1) is 23.4 Å². The molecule has 6 heteroatoms. The van der Waals surface area contributed by atoms with E-state index in [2.05, 4.69) is 16.5 Å². The number of aromatic nitrogens is 2. The molecule has 0 spiro atoms. The van der Waals surface area contributed by atoms with Crippen LogP contribution in [0.3, 0.4) is 0 Å². The fourth-order valence-corrected chi connectivity index (χ4v) is 2.11. The van der Waals surface area contributed by atoms with E-state index >= 15 is 0 Å². The molecule has 0 fully saturated rings. The summed E-state index contributed by atoms with van der Waals surface area (Å²) in [7, 11) is -3.71. The Morgan fingerprint density at radius 2 is 2.12 bits per heavy atom. The highest BCUT2D eigenvalue weighted by atomic mass is 31.2. The third-order valence-corrected chi connectivity index (χ3v) is 3.21. The number of hydrogen-bond donors (Lipinski definition) is 1. The van der Waals surface area contributed by atoms with Crippen LogP contribution in [0.15, 0.2) is 43.1 Å². The second kappa shape index (κ2) is 4.65. The predicted molar refractivity (Wildman–Crippen MR) is 65.1 cm³/mol. The number of para-hydroxylation sites is 2. The molecule has 0 amide bonds. The first-order valence-corrected chi connectivity index (χ1v) is 6.71. The molecular formula is C11H11N2O3P. The summed E-state index contributed by atoms with van der Waals surface area (Å²) in [5.41, 5.74) is 1.32. The Labute approximate surface area is 98.3 Å². The van der Waals surface area contributed by atoms with Crippen molar-refractivity contribution in [3.8, 4) is 5.88 Å².